The van der Waals surface area contributed by atoms with Crippen LogP contribution >= 0.6 is 23.3 Å². The quantitative estimate of drug-likeness (QED) is 0.224. The number of rotatable bonds is 11. The van der Waals surface area contributed by atoms with Gasteiger partial charge in [-0.25, -0.2) is 0 Å². The van der Waals surface area contributed by atoms with Crippen LogP contribution in [0.15, 0.2) is 53.4 Å². The fraction of sp³-hybridized carbons (Fsp3) is 0.393. The Hall–Kier alpha value is -2.38. The molecule has 0 amide bonds. The van der Waals surface area contributed by atoms with Crippen molar-refractivity contribution >= 4 is 45.8 Å². The van der Waals surface area contributed by atoms with Crippen LogP contribution in [0.3, 0.4) is 0 Å². The molecule has 3 aromatic rings. The van der Waals surface area contributed by atoms with Crippen LogP contribution in [0, 0.1) is 11.3 Å². The van der Waals surface area contributed by atoms with Gasteiger partial charge in [0.2, 0.25) is 0 Å². The van der Waals surface area contributed by atoms with E-state index in [1.54, 1.807) is 11.3 Å². The summed E-state index contributed by atoms with van der Waals surface area (Å²) in [6.45, 7) is 9.78. The van der Waals surface area contributed by atoms with Gasteiger partial charge in [0.25, 0.3) is 0 Å². The van der Waals surface area contributed by atoms with Crippen LogP contribution < -0.4 is 10.0 Å². The lowest BCUT2D eigenvalue weighted by Gasteiger charge is -2.26. The number of aliphatic hydroxyl groups is 1. The minimum Gasteiger partial charge on any atom is -0.396 e. The highest BCUT2D eigenvalue weighted by molar-refractivity contribution is 8.01. The van der Waals surface area contributed by atoms with Gasteiger partial charge in [-0.2, -0.15) is 5.26 Å². The number of ether oxygens (including phenoxy) is 1. The first-order chi connectivity index (χ1) is 17.5. The summed E-state index contributed by atoms with van der Waals surface area (Å²) in [4.78, 5) is 5.24. The molecular weight excluding hydrogens is 488 g/mol. The van der Waals surface area contributed by atoms with Gasteiger partial charge in [-0.3, -0.25) is 9.62 Å². The van der Waals surface area contributed by atoms with Gasteiger partial charge < -0.3 is 15.2 Å². The van der Waals surface area contributed by atoms with Crippen LogP contribution in [-0.2, 0) is 4.74 Å². The molecule has 1 saturated heterocycles. The van der Waals surface area contributed by atoms with Crippen LogP contribution in [0.2, 0.25) is 0 Å². The molecule has 0 saturated carbocycles. The number of anilines is 1. The minimum absolute atomic E-state index is 0.110. The maximum Gasteiger partial charge on any atom is 0.108 e. The third-order valence-electron chi connectivity index (χ3n) is 6.17. The molecular formula is C28H34N4O2S2. The summed E-state index contributed by atoms with van der Waals surface area (Å²) in [6.07, 6.45) is 2.53. The van der Waals surface area contributed by atoms with Crippen molar-refractivity contribution in [2.24, 2.45) is 0 Å². The molecule has 1 aliphatic heterocycles. The van der Waals surface area contributed by atoms with E-state index in [9.17, 15) is 10.4 Å². The average Bonchev–Trinajstić information content (AvgIpc) is 3.35. The maximum absolute atomic E-state index is 9.56. The molecule has 6 nitrogen and oxygen atoms in total. The minimum atomic E-state index is -0.251. The molecule has 2 aromatic carbocycles. The number of morpholine rings is 1. The summed E-state index contributed by atoms with van der Waals surface area (Å²) >= 11 is 2.99. The van der Waals surface area contributed by atoms with Crippen molar-refractivity contribution in [3.8, 4) is 16.5 Å². The number of fused-ring (bicyclic) bond motifs is 1. The Bertz CT molecular complexity index is 1230. The van der Waals surface area contributed by atoms with E-state index in [2.05, 4.69) is 69.5 Å². The van der Waals surface area contributed by atoms with Gasteiger partial charge in [-0.15, -0.1) is 11.3 Å². The summed E-state index contributed by atoms with van der Waals surface area (Å²) in [6, 6.07) is 19.5. The van der Waals surface area contributed by atoms with Crippen molar-refractivity contribution in [1.29, 1.82) is 5.26 Å². The normalized spacial score (nSPS) is 15.2. The summed E-state index contributed by atoms with van der Waals surface area (Å²) in [7, 11) is 0. The number of nitriles is 1. The fourth-order valence-corrected chi connectivity index (χ4v) is 5.76. The lowest BCUT2D eigenvalue weighted by Crippen LogP contribution is -2.38. The number of hydrogen-bond donors (Lipinski definition) is 3. The molecule has 0 spiro atoms. The lowest BCUT2D eigenvalue weighted by molar-refractivity contribution is 0.0398. The van der Waals surface area contributed by atoms with Crippen LogP contribution in [0.1, 0.15) is 25.1 Å². The molecule has 0 unspecified atom stereocenters. The van der Waals surface area contributed by atoms with Gasteiger partial charge in [0.05, 0.1) is 13.2 Å². The molecule has 1 aliphatic rings. The van der Waals surface area contributed by atoms with Crippen molar-refractivity contribution in [2.45, 2.75) is 25.8 Å². The molecule has 0 aliphatic carbocycles. The van der Waals surface area contributed by atoms with Gasteiger partial charge >= 0.3 is 0 Å². The number of allylic oxidation sites excluding steroid dienone is 1. The smallest absolute Gasteiger partial charge is 0.108 e. The molecule has 36 heavy (non-hydrogen) atoms. The Morgan fingerprint density at radius 1 is 1.17 bits per heavy atom. The SMILES string of the molecule is CC(C)(CCO)NS/C(C#N)=C/c1ccc(-c2ccc3cc(NCCN4CCOCC4)ccc3c2)s1. The monoisotopic (exact) mass is 522 g/mol. The first-order valence-corrected chi connectivity index (χ1v) is 13.9. The van der Waals surface area contributed by atoms with Gasteiger partial charge in [0, 0.05) is 53.8 Å². The maximum atomic E-state index is 9.56. The molecule has 1 aromatic heterocycles. The molecule has 4 rings (SSSR count). The summed E-state index contributed by atoms with van der Waals surface area (Å²) in [5, 5.41) is 24.7. The Labute approximate surface area is 222 Å². The van der Waals surface area contributed by atoms with Crippen LogP contribution in [-0.4, -0.2) is 61.5 Å². The predicted octanol–water partition coefficient (Wildman–Crippen LogP) is 5.58. The Morgan fingerprint density at radius 2 is 1.94 bits per heavy atom. The number of hydrogen-bond acceptors (Lipinski definition) is 8. The third-order valence-corrected chi connectivity index (χ3v) is 8.34. The Morgan fingerprint density at radius 3 is 2.72 bits per heavy atom. The molecule has 190 valence electrons. The number of thiophene rings is 1. The van der Waals surface area contributed by atoms with Crippen molar-refractivity contribution in [3.05, 3.63) is 58.3 Å². The molecule has 0 atom stereocenters. The summed E-state index contributed by atoms with van der Waals surface area (Å²) in [5.74, 6) is 0. The molecule has 3 N–H and O–H groups in total. The first kappa shape index (κ1) is 26.7. The number of nitrogens with one attached hydrogen (secondary N) is 2. The van der Waals surface area contributed by atoms with Gasteiger partial charge in [-0.1, -0.05) is 18.2 Å². The lowest BCUT2D eigenvalue weighted by atomic mass is 10.0. The van der Waals surface area contributed by atoms with E-state index >= 15 is 0 Å². The zero-order valence-corrected chi connectivity index (χ0v) is 22.6. The van der Waals surface area contributed by atoms with Crippen molar-refractivity contribution < 1.29 is 9.84 Å². The molecule has 8 heteroatoms. The molecule has 0 radical (unpaired) electrons. The van der Waals surface area contributed by atoms with Crippen molar-refractivity contribution in [3.63, 3.8) is 0 Å². The highest BCUT2D eigenvalue weighted by Crippen LogP contribution is 2.33. The van der Waals surface area contributed by atoms with Crippen LogP contribution in [0.25, 0.3) is 27.3 Å². The van der Waals surface area contributed by atoms with Gasteiger partial charge in [-0.05, 0) is 85.0 Å². The zero-order valence-electron chi connectivity index (χ0n) is 20.9. The van der Waals surface area contributed by atoms with Crippen molar-refractivity contribution in [2.75, 3.05) is 51.3 Å². The third kappa shape index (κ3) is 7.56. The second kappa shape index (κ2) is 12.7. The van der Waals surface area contributed by atoms with E-state index < -0.39 is 0 Å². The summed E-state index contributed by atoms with van der Waals surface area (Å²) < 4.78 is 8.70. The highest BCUT2D eigenvalue weighted by Gasteiger charge is 2.17. The van der Waals surface area contributed by atoms with E-state index in [0.717, 1.165) is 50.0 Å². The number of nitrogens with zero attached hydrogens (tertiary/aromatic N) is 2. The number of aliphatic hydroxyl groups excluding tert-OH is 1. The average molecular weight is 523 g/mol. The molecule has 2 heterocycles. The van der Waals surface area contributed by atoms with Gasteiger partial charge in [0.15, 0.2) is 0 Å². The molecule has 0 bridgehead atoms. The standard InChI is InChI=1S/C28H34N4O2S2/c1-28(2,9-14-33)31-36-26(20-29)19-25-7-8-27(35-25)23-4-3-22-18-24(6-5-21(22)17-23)30-10-11-32-12-15-34-16-13-32/h3-8,17-19,30-31,33H,9-16H2,1-2H3/b26-19+. The largest absolute Gasteiger partial charge is 0.396 e. The Kier molecular flexibility index (Phi) is 9.43. The second-order valence-corrected chi connectivity index (χ2v) is 11.5. The Balaban J connectivity index is 1.39. The fourth-order valence-electron chi connectivity index (χ4n) is 4.02. The summed E-state index contributed by atoms with van der Waals surface area (Å²) in [5.41, 5.74) is 2.07. The highest BCUT2D eigenvalue weighted by atomic mass is 32.2. The predicted molar refractivity (Wildman–Crippen MR) is 153 cm³/mol. The van der Waals surface area contributed by atoms with E-state index in [4.69, 9.17) is 4.74 Å². The second-order valence-electron chi connectivity index (χ2n) is 9.54. The van der Waals surface area contributed by atoms with E-state index in [-0.39, 0.29) is 12.1 Å². The van der Waals surface area contributed by atoms with E-state index in [0.29, 0.717) is 11.3 Å². The first-order valence-electron chi connectivity index (χ1n) is 12.3. The van der Waals surface area contributed by atoms with E-state index in [1.807, 2.05) is 19.9 Å². The van der Waals surface area contributed by atoms with Crippen LogP contribution in [0.5, 0.6) is 0 Å². The van der Waals surface area contributed by atoms with E-state index in [1.165, 1.54) is 33.2 Å². The topological polar surface area (TPSA) is 80.5 Å². The zero-order chi connectivity index (χ0) is 25.4. The number of benzene rings is 2. The van der Waals surface area contributed by atoms with Crippen molar-refractivity contribution in [1.82, 2.24) is 9.62 Å². The van der Waals surface area contributed by atoms with Gasteiger partial charge in [0.1, 0.15) is 11.0 Å². The van der Waals surface area contributed by atoms with Crippen LogP contribution in [0.4, 0.5) is 5.69 Å². The molecule has 1 fully saturated rings.